The number of nitrogens with one attached hydrogen (secondary N) is 1. The van der Waals surface area contributed by atoms with Crippen LogP contribution >= 0.6 is 0 Å². The molecule has 1 N–H and O–H groups in total. The number of hydrogen-bond donors (Lipinski definition) is 1. The van der Waals surface area contributed by atoms with Gasteiger partial charge in [0.1, 0.15) is 0 Å². The van der Waals surface area contributed by atoms with Gasteiger partial charge in [0, 0.05) is 5.69 Å². The van der Waals surface area contributed by atoms with Gasteiger partial charge in [0.05, 0.1) is 6.26 Å². The summed E-state index contributed by atoms with van der Waals surface area (Å²) in [6.45, 7) is 6.90. The van der Waals surface area contributed by atoms with E-state index in [1.165, 1.54) is 42.2 Å². The third kappa shape index (κ3) is 4.96. The largest absolute Gasteiger partial charge is 0.284 e. The molecule has 1 fully saturated rings. The summed E-state index contributed by atoms with van der Waals surface area (Å²) < 4.78 is 25.8. The first-order valence-corrected chi connectivity index (χ1v) is 12.2. The Labute approximate surface area is 170 Å². The third-order valence-corrected chi connectivity index (χ3v) is 7.36. The summed E-state index contributed by atoms with van der Waals surface area (Å²) in [5.74, 6) is 1.33. The molecule has 3 rings (SSSR count). The molecule has 1 saturated carbocycles. The zero-order valence-corrected chi connectivity index (χ0v) is 18.4. The van der Waals surface area contributed by atoms with Crippen molar-refractivity contribution in [2.24, 2.45) is 11.8 Å². The van der Waals surface area contributed by atoms with Gasteiger partial charge in [0.2, 0.25) is 10.0 Å². The van der Waals surface area contributed by atoms with E-state index in [4.69, 9.17) is 0 Å². The maximum Gasteiger partial charge on any atom is 0.229 e. The van der Waals surface area contributed by atoms with Crippen LogP contribution in [-0.4, -0.2) is 14.7 Å². The number of sulfonamides is 1. The fourth-order valence-corrected chi connectivity index (χ4v) is 5.28. The Kier molecular flexibility index (Phi) is 6.18. The number of benzene rings is 2. The molecule has 1 aliphatic carbocycles. The quantitative estimate of drug-likeness (QED) is 0.678. The first-order valence-electron chi connectivity index (χ1n) is 10.3. The molecule has 1 aliphatic rings. The summed E-state index contributed by atoms with van der Waals surface area (Å²) in [4.78, 5) is 0. The number of aryl methyl sites for hydroxylation is 2. The lowest BCUT2D eigenvalue weighted by atomic mass is 9.61. The van der Waals surface area contributed by atoms with Gasteiger partial charge in [0.25, 0.3) is 0 Å². The van der Waals surface area contributed by atoms with E-state index < -0.39 is 10.0 Å². The highest BCUT2D eigenvalue weighted by Crippen LogP contribution is 2.46. The van der Waals surface area contributed by atoms with Crippen molar-refractivity contribution < 1.29 is 8.42 Å². The van der Waals surface area contributed by atoms with Gasteiger partial charge >= 0.3 is 0 Å². The number of rotatable bonds is 6. The molecule has 3 atom stereocenters. The van der Waals surface area contributed by atoms with E-state index in [2.05, 4.69) is 55.8 Å². The summed E-state index contributed by atoms with van der Waals surface area (Å²) in [5, 5.41) is 0. The second-order valence-corrected chi connectivity index (χ2v) is 10.6. The zero-order valence-electron chi connectivity index (χ0n) is 17.5. The van der Waals surface area contributed by atoms with E-state index in [0.717, 1.165) is 18.8 Å². The van der Waals surface area contributed by atoms with Crippen molar-refractivity contribution in [3.8, 4) is 0 Å². The van der Waals surface area contributed by atoms with Gasteiger partial charge in [-0.2, -0.15) is 0 Å². The van der Waals surface area contributed by atoms with Crippen molar-refractivity contribution in [3.05, 3.63) is 65.2 Å². The Morgan fingerprint density at radius 1 is 1.14 bits per heavy atom. The summed E-state index contributed by atoms with van der Waals surface area (Å²) in [6.07, 6.45) is 7.22. The smallest absolute Gasteiger partial charge is 0.229 e. The number of hydrogen-bond acceptors (Lipinski definition) is 2. The van der Waals surface area contributed by atoms with Crippen LogP contribution in [0.2, 0.25) is 0 Å². The van der Waals surface area contributed by atoms with E-state index in [1.807, 2.05) is 18.2 Å². The van der Waals surface area contributed by atoms with E-state index in [-0.39, 0.29) is 5.41 Å². The molecular formula is C24H33NO2S. The van der Waals surface area contributed by atoms with Crippen LogP contribution < -0.4 is 4.72 Å². The Bertz CT molecular complexity index is 922. The minimum absolute atomic E-state index is 0.0916. The van der Waals surface area contributed by atoms with Crippen LogP contribution in [-0.2, 0) is 21.9 Å². The van der Waals surface area contributed by atoms with Crippen LogP contribution in [0, 0.1) is 18.8 Å². The third-order valence-electron chi connectivity index (χ3n) is 6.75. The lowest BCUT2D eigenvalue weighted by molar-refractivity contribution is 0.161. The maximum absolute atomic E-state index is 11.6. The van der Waals surface area contributed by atoms with Crippen LogP contribution in [0.3, 0.4) is 0 Å². The van der Waals surface area contributed by atoms with Gasteiger partial charge in [-0.1, -0.05) is 50.2 Å². The molecular weight excluding hydrogens is 366 g/mol. The molecule has 4 heteroatoms. The Morgan fingerprint density at radius 2 is 1.89 bits per heavy atom. The standard InChI is InChI=1S/C24H33NO2S/c1-18-8-5-6-9-21(18)13-12-20-14-15-24(3,19(2)16-20)22-10-7-11-23(17-22)25-28(4,26)27/h5-11,17,19-20,25H,12-16H2,1-4H3. The number of anilines is 1. The van der Waals surface area contributed by atoms with Crippen molar-refractivity contribution in [1.82, 2.24) is 0 Å². The van der Waals surface area contributed by atoms with Gasteiger partial charge in [-0.15, -0.1) is 0 Å². The molecule has 0 heterocycles. The second kappa shape index (κ2) is 8.28. The molecule has 28 heavy (non-hydrogen) atoms. The van der Waals surface area contributed by atoms with Gasteiger partial charge in [-0.05, 0) is 85.1 Å². The van der Waals surface area contributed by atoms with Crippen LogP contribution in [0.25, 0.3) is 0 Å². The van der Waals surface area contributed by atoms with Crippen molar-refractivity contribution in [3.63, 3.8) is 0 Å². The maximum atomic E-state index is 11.6. The molecule has 3 unspecified atom stereocenters. The first kappa shape index (κ1) is 20.9. The molecule has 0 saturated heterocycles. The van der Waals surface area contributed by atoms with Crippen LogP contribution in [0.5, 0.6) is 0 Å². The Balaban J connectivity index is 1.67. The highest BCUT2D eigenvalue weighted by atomic mass is 32.2. The van der Waals surface area contributed by atoms with Gasteiger partial charge in [-0.25, -0.2) is 8.42 Å². The average molecular weight is 400 g/mol. The predicted octanol–water partition coefficient (Wildman–Crippen LogP) is 5.69. The molecule has 0 amide bonds. The average Bonchev–Trinajstić information content (AvgIpc) is 2.63. The van der Waals surface area contributed by atoms with Crippen LogP contribution in [0.4, 0.5) is 5.69 Å². The topological polar surface area (TPSA) is 46.2 Å². The molecule has 0 aromatic heterocycles. The van der Waals surface area contributed by atoms with E-state index in [0.29, 0.717) is 11.6 Å². The SMILES string of the molecule is Cc1ccccc1CCC1CCC(C)(c2cccc(NS(C)(=O)=O)c2)C(C)C1. The summed E-state index contributed by atoms with van der Waals surface area (Å²) >= 11 is 0. The summed E-state index contributed by atoms with van der Waals surface area (Å²) in [5.41, 5.74) is 4.87. The molecule has 0 bridgehead atoms. The van der Waals surface area contributed by atoms with E-state index in [9.17, 15) is 8.42 Å². The molecule has 2 aromatic carbocycles. The van der Waals surface area contributed by atoms with Gasteiger partial charge < -0.3 is 0 Å². The highest BCUT2D eigenvalue weighted by molar-refractivity contribution is 7.92. The minimum atomic E-state index is -3.25. The summed E-state index contributed by atoms with van der Waals surface area (Å²) in [6, 6.07) is 16.7. The van der Waals surface area contributed by atoms with Crippen molar-refractivity contribution in [2.45, 2.75) is 58.3 Å². The molecule has 2 aromatic rings. The normalized spacial score (nSPS) is 25.4. The Hall–Kier alpha value is -1.81. The predicted molar refractivity (Wildman–Crippen MR) is 118 cm³/mol. The van der Waals surface area contributed by atoms with Crippen molar-refractivity contribution in [1.29, 1.82) is 0 Å². The van der Waals surface area contributed by atoms with Crippen LogP contribution in [0.1, 0.15) is 56.2 Å². The molecule has 0 radical (unpaired) electrons. The van der Waals surface area contributed by atoms with Crippen molar-refractivity contribution >= 4 is 15.7 Å². The minimum Gasteiger partial charge on any atom is -0.284 e. The summed E-state index contributed by atoms with van der Waals surface area (Å²) in [7, 11) is -3.25. The fourth-order valence-electron chi connectivity index (χ4n) is 4.72. The zero-order chi connectivity index (χ0) is 20.4. The second-order valence-electron chi connectivity index (χ2n) is 8.88. The first-order chi connectivity index (χ1) is 13.2. The Morgan fingerprint density at radius 3 is 2.57 bits per heavy atom. The molecule has 3 nitrogen and oxygen atoms in total. The highest BCUT2D eigenvalue weighted by Gasteiger charge is 2.38. The monoisotopic (exact) mass is 399 g/mol. The molecule has 152 valence electrons. The fraction of sp³-hybridized carbons (Fsp3) is 0.500. The lowest BCUT2D eigenvalue weighted by Crippen LogP contribution is -2.36. The van der Waals surface area contributed by atoms with Gasteiger partial charge in [0.15, 0.2) is 0 Å². The molecule has 0 aliphatic heterocycles. The van der Waals surface area contributed by atoms with E-state index in [1.54, 1.807) is 0 Å². The van der Waals surface area contributed by atoms with Gasteiger partial charge in [-0.3, -0.25) is 4.72 Å². The van der Waals surface area contributed by atoms with E-state index >= 15 is 0 Å². The lowest BCUT2D eigenvalue weighted by Gasteiger charge is -2.44. The van der Waals surface area contributed by atoms with Crippen molar-refractivity contribution in [2.75, 3.05) is 11.0 Å². The molecule has 0 spiro atoms. The van der Waals surface area contributed by atoms with Crippen LogP contribution in [0.15, 0.2) is 48.5 Å².